The Kier molecular flexibility index (Phi) is 2.81. The van der Waals surface area contributed by atoms with E-state index in [1.165, 1.54) is 0 Å². The average Bonchev–Trinajstić information content (AvgIpc) is 2.68. The van der Waals surface area contributed by atoms with Crippen LogP contribution in [0.4, 0.5) is 5.69 Å². The minimum atomic E-state index is 0.414. The molecule has 0 aliphatic rings. The van der Waals surface area contributed by atoms with E-state index in [0.29, 0.717) is 12.3 Å². The second-order valence-corrected chi connectivity index (χ2v) is 3.82. The maximum Gasteiger partial charge on any atom is 0.145 e. The highest BCUT2D eigenvalue weighted by Crippen LogP contribution is 2.28. The SMILES string of the molecule is Cc1cc(C)c(OCc2cnoc2)c(N)c1. The Labute approximate surface area is 94.0 Å². The van der Waals surface area contributed by atoms with Gasteiger partial charge in [-0.25, -0.2) is 0 Å². The number of hydrogen-bond donors (Lipinski definition) is 1. The lowest BCUT2D eigenvalue weighted by molar-refractivity contribution is 0.304. The van der Waals surface area contributed by atoms with Gasteiger partial charge in [-0.15, -0.1) is 0 Å². The van der Waals surface area contributed by atoms with Crippen molar-refractivity contribution in [3.63, 3.8) is 0 Å². The van der Waals surface area contributed by atoms with Gasteiger partial charge in [0.1, 0.15) is 18.6 Å². The number of nitrogens with two attached hydrogens (primary N) is 1. The first-order valence-electron chi connectivity index (χ1n) is 5.04. The summed E-state index contributed by atoms with van der Waals surface area (Å²) in [5.41, 5.74) is 9.61. The number of benzene rings is 1. The van der Waals surface area contributed by atoms with Gasteiger partial charge in [0.15, 0.2) is 0 Å². The molecule has 2 aromatic rings. The molecule has 0 amide bonds. The molecule has 4 nitrogen and oxygen atoms in total. The molecule has 4 heteroatoms. The molecule has 2 N–H and O–H groups in total. The largest absolute Gasteiger partial charge is 0.486 e. The number of hydrogen-bond acceptors (Lipinski definition) is 4. The summed E-state index contributed by atoms with van der Waals surface area (Å²) < 4.78 is 10.4. The third kappa shape index (κ3) is 2.16. The number of nitrogens with zero attached hydrogens (tertiary/aromatic N) is 1. The van der Waals surface area contributed by atoms with Gasteiger partial charge in [0.05, 0.1) is 11.9 Å². The molecule has 1 aromatic heterocycles. The zero-order chi connectivity index (χ0) is 11.5. The lowest BCUT2D eigenvalue weighted by Gasteiger charge is -2.11. The van der Waals surface area contributed by atoms with E-state index in [-0.39, 0.29) is 0 Å². The molecule has 2 rings (SSSR count). The van der Waals surface area contributed by atoms with Crippen molar-refractivity contribution < 1.29 is 9.26 Å². The molecule has 0 radical (unpaired) electrons. The Balaban J connectivity index is 2.15. The van der Waals surface area contributed by atoms with Crippen molar-refractivity contribution >= 4 is 5.69 Å². The van der Waals surface area contributed by atoms with Gasteiger partial charge in [0, 0.05) is 5.56 Å². The lowest BCUT2D eigenvalue weighted by atomic mass is 10.1. The van der Waals surface area contributed by atoms with Gasteiger partial charge in [-0.1, -0.05) is 11.2 Å². The van der Waals surface area contributed by atoms with E-state index in [0.717, 1.165) is 22.4 Å². The first kappa shape index (κ1) is 10.5. The number of anilines is 1. The Morgan fingerprint density at radius 2 is 2.19 bits per heavy atom. The molecular formula is C12H14N2O2. The molecule has 0 bridgehead atoms. The molecule has 0 saturated carbocycles. The summed E-state index contributed by atoms with van der Waals surface area (Å²) in [5.74, 6) is 0.729. The zero-order valence-corrected chi connectivity index (χ0v) is 9.36. The third-order valence-corrected chi connectivity index (χ3v) is 2.31. The molecule has 0 unspecified atom stereocenters. The van der Waals surface area contributed by atoms with Crippen molar-refractivity contribution in [2.24, 2.45) is 0 Å². The maximum atomic E-state index is 5.90. The zero-order valence-electron chi connectivity index (χ0n) is 9.36. The van der Waals surface area contributed by atoms with Crippen LogP contribution in [0.5, 0.6) is 5.75 Å². The van der Waals surface area contributed by atoms with Gasteiger partial charge in [-0.2, -0.15) is 0 Å². The van der Waals surface area contributed by atoms with Crippen molar-refractivity contribution in [3.05, 3.63) is 41.3 Å². The van der Waals surface area contributed by atoms with E-state index in [2.05, 4.69) is 5.16 Å². The smallest absolute Gasteiger partial charge is 0.145 e. The molecule has 84 valence electrons. The summed E-state index contributed by atoms with van der Waals surface area (Å²) in [7, 11) is 0. The standard InChI is InChI=1S/C12H14N2O2/c1-8-3-9(2)12(11(13)4-8)15-6-10-5-14-16-7-10/h3-5,7H,6,13H2,1-2H3. The fraction of sp³-hybridized carbons (Fsp3) is 0.250. The summed E-state index contributed by atoms with van der Waals surface area (Å²) >= 11 is 0. The number of ether oxygens (including phenoxy) is 1. The first-order valence-corrected chi connectivity index (χ1v) is 5.04. The summed E-state index contributed by atoms with van der Waals surface area (Å²) in [4.78, 5) is 0. The van der Waals surface area contributed by atoms with E-state index in [4.69, 9.17) is 15.0 Å². The topological polar surface area (TPSA) is 61.3 Å². The minimum Gasteiger partial charge on any atom is -0.486 e. The van der Waals surface area contributed by atoms with Crippen LogP contribution in [0.25, 0.3) is 0 Å². The second-order valence-electron chi connectivity index (χ2n) is 3.82. The van der Waals surface area contributed by atoms with Crippen LogP contribution in [0.2, 0.25) is 0 Å². The van der Waals surface area contributed by atoms with Crippen molar-refractivity contribution in [2.45, 2.75) is 20.5 Å². The van der Waals surface area contributed by atoms with Crippen molar-refractivity contribution in [1.29, 1.82) is 0 Å². The monoisotopic (exact) mass is 218 g/mol. The van der Waals surface area contributed by atoms with Gasteiger partial charge in [-0.3, -0.25) is 0 Å². The van der Waals surface area contributed by atoms with E-state index < -0.39 is 0 Å². The van der Waals surface area contributed by atoms with Crippen LogP contribution in [0.15, 0.2) is 29.1 Å². The van der Waals surface area contributed by atoms with Gasteiger partial charge < -0.3 is 15.0 Å². The minimum absolute atomic E-state index is 0.414. The van der Waals surface area contributed by atoms with Crippen molar-refractivity contribution in [1.82, 2.24) is 5.16 Å². The van der Waals surface area contributed by atoms with Gasteiger partial charge in [0.25, 0.3) is 0 Å². The van der Waals surface area contributed by atoms with Crippen molar-refractivity contribution in [3.8, 4) is 5.75 Å². The predicted octanol–water partition coefficient (Wildman–Crippen LogP) is 2.45. The molecule has 0 aliphatic carbocycles. The molecule has 1 aromatic carbocycles. The number of aromatic nitrogens is 1. The van der Waals surface area contributed by atoms with E-state index in [9.17, 15) is 0 Å². The fourth-order valence-electron chi connectivity index (χ4n) is 1.64. The van der Waals surface area contributed by atoms with Gasteiger partial charge in [0.2, 0.25) is 0 Å². The summed E-state index contributed by atoms with van der Waals surface area (Å²) in [6, 6.07) is 3.94. The molecular weight excluding hydrogens is 204 g/mol. The Bertz CT molecular complexity index is 455. The van der Waals surface area contributed by atoms with Gasteiger partial charge >= 0.3 is 0 Å². The molecule has 0 spiro atoms. The first-order chi connectivity index (χ1) is 7.66. The van der Waals surface area contributed by atoms with Crippen LogP contribution in [-0.2, 0) is 6.61 Å². The Hall–Kier alpha value is -1.97. The summed E-state index contributed by atoms with van der Waals surface area (Å²) in [5, 5.41) is 3.61. The highest BCUT2D eigenvalue weighted by atomic mass is 16.5. The second kappa shape index (κ2) is 4.26. The molecule has 0 fully saturated rings. The lowest BCUT2D eigenvalue weighted by Crippen LogP contribution is -2.00. The third-order valence-electron chi connectivity index (χ3n) is 2.31. The molecule has 0 atom stereocenters. The van der Waals surface area contributed by atoms with E-state index in [1.807, 2.05) is 26.0 Å². The summed E-state index contributed by atoms with van der Waals surface area (Å²) in [6.45, 7) is 4.40. The molecule has 0 aliphatic heterocycles. The normalized spacial score (nSPS) is 10.4. The Morgan fingerprint density at radius 1 is 1.38 bits per heavy atom. The number of aryl methyl sites for hydroxylation is 2. The average molecular weight is 218 g/mol. The molecule has 16 heavy (non-hydrogen) atoms. The predicted molar refractivity (Wildman–Crippen MR) is 61.2 cm³/mol. The quantitative estimate of drug-likeness (QED) is 0.804. The van der Waals surface area contributed by atoms with E-state index in [1.54, 1.807) is 12.5 Å². The maximum absolute atomic E-state index is 5.90. The van der Waals surface area contributed by atoms with Gasteiger partial charge in [-0.05, 0) is 31.0 Å². The van der Waals surface area contributed by atoms with Crippen LogP contribution in [0.3, 0.4) is 0 Å². The van der Waals surface area contributed by atoms with Crippen LogP contribution >= 0.6 is 0 Å². The highest BCUT2D eigenvalue weighted by Gasteiger charge is 2.06. The van der Waals surface area contributed by atoms with Crippen LogP contribution in [0.1, 0.15) is 16.7 Å². The van der Waals surface area contributed by atoms with Crippen molar-refractivity contribution in [2.75, 3.05) is 5.73 Å². The fourth-order valence-corrected chi connectivity index (χ4v) is 1.64. The molecule has 1 heterocycles. The highest BCUT2D eigenvalue weighted by molar-refractivity contribution is 5.58. The number of rotatable bonds is 3. The summed E-state index contributed by atoms with van der Waals surface area (Å²) in [6.07, 6.45) is 3.18. The Morgan fingerprint density at radius 3 is 2.81 bits per heavy atom. The van der Waals surface area contributed by atoms with Crippen LogP contribution in [-0.4, -0.2) is 5.16 Å². The molecule has 0 saturated heterocycles. The van der Waals surface area contributed by atoms with Crippen LogP contribution < -0.4 is 10.5 Å². The number of nitrogen functional groups attached to an aromatic ring is 1. The van der Waals surface area contributed by atoms with E-state index >= 15 is 0 Å². The van der Waals surface area contributed by atoms with Crippen LogP contribution in [0, 0.1) is 13.8 Å².